The number of ether oxygens (including phenoxy) is 2. The topological polar surface area (TPSA) is 135 Å². The number of unbranched alkanes of at least 4 members (excludes halogenated alkanes) is 9. The van der Waals surface area contributed by atoms with E-state index in [4.69, 9.17) is 9.47 Å². The second kappa shape index (κ2) is 22.5. The summed E-state index contributed by atoms with van der Waals surface area (Å²) in [6, 6.07) is 18.9. The van der Waals surface area contributed by atoms with Crippen molar-refractivity contribution in [2.45, 2.75) is 129 Å². The summed E-state index contributed by atoms with van der Waals surface area (Å²) in [5, 5.41) is 11.4. The highest BCUT2D eigenvalue weighted by Gasteiger charge is 2.34. The lowest BCUT2D eigenvalue weighted by Gasteiger charge is -2.28. The Hall–Kier alpha value is -4.08. The maximum Gasteiger partial charge on any atom is 0.408 e. The summed E-state index contributed by atoms with van der Waals surface area (Å²) < 4.78 is 10.6. The Bertz CT molecular complexity index is 1130. The Morgan fingerprint density at radius 2 is 0.833 bits per heavy atom. The highest BCUT2D eigenvalue weighted by molar-refractivity contribution is 5.90. The van der Waals surface area contributed by atoms with Crippen LogP contribution < -0.4 is 21.3 Å². The fourth-order valence-corrected chi connectivity index (χ4v) is 5.04. The molecule has 0 radical (unpaired) electrons. The summed E-state index contributed by atoms with van der Waals surface area (Å²) in [5.41, 5.74) is -0.268. The predicted molar refractivity (Wildman–Crippen MR) is 189 cm³/mol. The molecule has 2 rings (SSSR count). The highest BCUT2D eigenvalue weighted by atomic mass is 16.6. The van der Waals surface area contributed by atoms with Crippen molar-refractivity contribution in [2.75, 3.05) is 13.1 Å². The molecular weight excluding hydrogens is 608 g/mol. The number of carbonyl (C=O) groups excluding carboxylic acids is 4. The molecule has 0 saturated heterocycles. The summed E-state index contributed by atoms with van der Waals surface area (Å²) in [7, 11) is 0. The molecule has 0 fully saturated rings. The van der Waals surface area contributed by atoms with Crippen molar-refractivity contribution in [3.05, 3.63) is 71.8 Å². The SMILES string of the molecule is CC[C@](C)(NC(=O)OCc1ccccc1)C(=O)NCCCCCCCCCCCCNC(=O)[C@](C)(CC)NC(=O)OCc1ccccc1. The van der Waals surface area contributed by atoms with Crippen LogP contribution in [0.4, 0.5) is 9.59 Å². The molecule has 0 saturated carbocycles. The molecule has 48 heavy (non-hydrogen) atoms. The number of benzene rings is 2. The van der Waals surface area contributed by atoms with Crippen LogP contribution in [0.25, 0.3) is 0 Å². The number of hydrogen-bond acceptors (Lipinski definition) is 6. The first-order chi connectivity index (χ1) is 23.1. The van der Waals surface area contributed by atoms with Gasteiger partial charge in [-0.1, -0.05) is 126 Å². The van der Waals surface area contributed by atoms with Gasteiger partial charge in [-0.2, -0.15) is 0 Å². The van der Waals surface area contributed by atoms with Crippen LogP contribution in [0, 0.1) is 0 Å². The van der Waals surface area contributed by atoms with Crippen molar-refractivity contribution in [1.82, 2.24) is 21.3 Å². The summed E-state index contributed by atoms with van der Waals surface area (Å²) in [4.78, 5) is 50.1. The molecule has 10 heteroatoms. The third-order valence-corrected chi connectivity index (χ3v) is 8.77. The van der Waals surface area contributed by atoms with Gasteiger partial charge in [-0.05, 0) is 50.7 Å². The second-order valence-electron chi connectivity index (χ2n) is 12.8. The van der Waals surface area contributed by atoms with Gasteiger partial charge >= 0.3 is 12.2 Å². The zero-order chi connectivity index (χ0) is 35.1. The van der Waals surface area contributed by atoms with Gasteiger partial charge in [0.15, 0.2) is 0 Å². The van der Waals surface area contributed by atoms with Gasteiger partial charge < -0.3 is 30.7 Å². The normalized spacial score (nSPS) is 13.3. The number of hydrogen-bond donors (Lipinski definition) is 4. The molecule has 4 amide bonds. The summed E-state index contributed by atoms with van der Waals surface area (Å²) in [6.07, 6.45) is 10.6. The largest absolute Gasteiger partial charge is 0.445 e. The maximum absolute atomic E-state index is 12.8. The number of nitrogens with one attached hydrogen (secondary N) is 4. The molecular formula is C38H58N4O6. The molecule has 2 aromatic rings. The van der Waals surface area contributed by atoms with E-state index in [9.17, 15) is 19.2 Å². The third kappa shape index (κ3) is 15.7. The molecule has 2 aromatic carbocycles. The van der Waals surface area contributed by atoms with Crippen LogP contribution in [0.3, 0.4) is 0 Å². The first-order valence-electron chi connectivity index (χ1n) is 17.7. The van der Waals surface area contributed by atoms with Crippen LogP contribution in [0.5, 0.6) is 0 Å². The summed E-state index contributed by atoms with van der Waals surface area (Å²) >= 11 is 0. The maximum atomic E-state index is 12.8. The van der Waals surface area contributed by atoms with Gasteiger partial charge in [-0.3, -0.25) is 9.59 Å². The highest BCUT2D eigenvalue weighted by Crippen LogP contribution is 2.14. The first kappa shape index (κ1) is 40.1. The van der Waals surface area contributed by atoms with E-state index in [1.54, 1.807) is 13.8 Å². The molecule has 2 atom stereocenters. The zero-order valence-electron chi connectivity index (χ0n) is 29.5. The van der Waals surface area contributed by atoms with Crippen molar-refractivity contribution < 1.29 is 28.7 Å². The monoisotopic (exact) mass is 666 g/mol. The molecule has 0 spiro atoms. The molecule has 0 unspecified atom stereocenters. The van der Waals surface area contributed by atoms with E-state index in [-0.39, 0.29) is 25.0 Å². The molecule has 0 heterocycles. The van der Waals surface area contributed by atoms with E-state index < -0.39 is 23.3 Å². The fraction of sp³-hybridized carbons (Fsp3) is 0.579. The van der Waals surface area contributed by atoms with Crippen molar-refractivity contribution in [2.24, 2.45) is 0 Å². The van der Waals surface area contributed by atoms with Crippen LogP contribution >= 0.6 is 0 Å². The number of rotatable bonds is 23. The van der Waals surface area contributed by atoms with Gasteiger partial charge in [0.1, 0.15) is 24.3 Å². The lowest BCUT2D eigenvalue weighted by molar-refractivity contribution is -0.127. The molecule has 0 aliphatic carbocycles. The molecule has 4 N–H and O–H groups in total. The first-order valence-corrected chi connectivity index (χ1v) is 17.7. The fourth-order valence-electron chi connectivity index (χ4n) is 5.04. The second-order valence-corrected chi connectivity index (χ2v) is 12.8. The van der Waals surface area contributed by atoms with Crippen molar-refractivity contribution in [1.29, 1.82) is 0 Å². The summed E-state index contributed by atoms with van der Waals surface area (Å²) in [6.45, 7) is 8.64. The Kier molecular flexibility index (Phi) is 18.8. The minimum atomic E-state index is -1.02. The van der Waals surface area contributed by atoms with Crippen LogP contribution in [-0.4, -0.2) is 48.2 Å². The molecule has 0 bridgehead atoms. The van der Waals surface area contributed by atoms with Crippen LogP contribution in [0.1, 0.15) is 116 Å². The third-order valence-electron chi connectivity index (χ3n) is 8.77. The minimum absolute atomic E-state index is 0.156. The smallest absolute Gasteiger partial charge is 0.408 e. The quantitative estimate of drug-likeness (QED) is 0.0919. The molecule has 266 valence electrons. The van der Waals surface area contributed by atoms with E-state index in [1.165, 1.54) is 25.7 Å². The predicted octanol–water partition coefficient (Wildman–Crippen LogP) is 7.31. The summed E-state index contributed by atoms with van der Waals surface area (Å²) in [5.74, 6) is -0.395. The number of carbonyl (C=O) groups is 4. The number of alkyl carbamates (subject to hydrolysis) is 2. The van der Waals surface area contributed by atoms with Crippen molar-refractivity contribution >= 4 is 24.0 Å². The van der Waals surface area contributed by atoms with Gasteiger partial charge in [-0.15, -0.1) is 0 Å². The van der Waals surface area contributed by atoms with Crippen molar-refractivity contribution in [3.8, 4) is 0 Å². The van der Waals surface area contributed by atoms with E-state index in [0.717, 1.165) is 49.7 Å². The van der Waals surface area contributed by atoms with E-state index >= 15 is 0 Å². The van der Waals surface area contributed by atoms with Crippen LogP contribution in [0.15, 0.2) is 60.7 Å². The van der Waals surface area contributed by atoms with Gasteiger partial charge in [0.25, 0.3) is 0 Å². The molecule has 0 aliphatic rings. The lowest BCUT2D eigenvalue weighted by atomic mass is 9.98. The Balaban J connectivity index is 1.45. The Morgan fingerprint density at radius 1 is 0.521 bits per heavy atom. The van der Waals surface area contributed by atoms with Gasteiger partial charge in [-0.25, -0.2) is 9.59 Å². The molecule has 10 nitrogen and oxygen atoms in total. The Morgan fingerprint density at radius 3 is 1.15 bits per heavy atom. The molecule has 0 aliphatic heterocycles. The average molecular weight is 667 g/mol. The van der Waals surface area contributed by atoms with E-state index in [1.807, 2.05) is 74.5 Å². The van der Waals surface area contributed by atoms with Crippen molar-refractivity contribution in [3.63, 3.8) is 0 Å². The van der Waals surface area contributed by atoms with Gasteiger partial charge in [0, 0.05) is 13.1 Å². The van der Waals surface area contributed by atoms with E-state index in [0.29, 0.717) is 25.9 Å². The standard InChI is InChI=1S/C38H58N4O6/c1-5-37(3,41-35(45)47-29-31-23-17-15-18-24-31)33(43)39-27-21-13-11-9-7-8-10-12-14-22-28-40-34(44)38(4,6-2)42-36(46)48-30-32-25-19-16-20-26-32/h15-20,23-26H,5-14,21-22,27-30H2,1-4H3,(H,39,43)(H,40,44)(H,41,45)(H,42,46)/t37-,38-/m0/s1. The molecule has 0 aromatic heterocycles. The lowest BCUT2D eigenvalue weighted by Crippen LogP contribution is -2.56. The van der Waals surface area contributed by atoms with Crippen LogP contribution in [-0.2, 0) is 32.3 Å². The zero-order valence-corrected chi connectivity index (χ0v) is 29.5. The average Bonchev–Trinajstić information content (AvgIpc) is 3.10. The van der Waals surface area contributed by atoms with Crippen LogP contribution in [0.2, 0.25) is 0 Å². The van der Waals surface area contributed by atoms with Gasteiger partial charge in [0.05, 0.1) is 0 Å². The Labute approximate surface area is 287 Å². The number of amides is 4. The minimum Gasteiger partial charge on any atom is -0.445 e. The van der Waals surface area contributed by atoms with E-state index in [2.05, 4.69) is 21.3 Å². The van der Waals surface area contributed by atoms with Gasteiger partial charge in [0.2, 0.25) is 11.8 Å².